The van der Waals surface area contributed by atoms with Crippen LogP contribution in [0.2, 0.25) is 0 Å². The number of morpholine rings is 1. The van der Waals surface area contributed by atoms with E-state index >= 15 is 4.39 Å². The number of nitrogens with zero attached hydrogens (tertiary/aromatic N) is 4. The molecule has 5 rings (SSSR count). The molecular formula is C23H25F3N6O. The van der Waals surface area contributed by atoms with Gasteiger partial charge in [-0.25, -0.2) is 23.1 Å². The molecule has 2 aliphatic rings. The summed E-state index contributed by atoms with van der Waals surface area (Å²) in [5.41, 5.74) is 2.17. The van der Waals surface area contributed by atoms with Crippen LogP contribution in [0.5, 0.6) is 0 Å². The fourth-order valence-electron chi connectivity index (χ4n) is 4.44. The normalized spacial score (nSPS) is 20.7. The van der Waals surface area contributed by atoms with E-state index in [2.05, 4.69) is 25.6 Å². The van der Waals surface area contributed by atoms with Gasteiger partial charge in [0.2, 0.25) is 0 Å². The molecule has 1 atom stereocenters. The summed E-state index contributed by atoms with van der Waals surface area (Å²) in [6.45, 7) is 2.47. The number of nitrogens with one attached hydrogen (secondary N) is 2. The van der Waals surface area contributed by atoms with E-state index in [0.717, 1.165) is 0 Å². The van der Waals surface area contributed by atoms with Crippen molar-refractivity contribution >= 4 is 28.2 Å². The van der Waals surface area contributed by atoms with E-state index in [1.54, 1.807) is 36.8 Å². The van der Waals surface area contributed by atoms with Gasteiger partial charge in [-0.2, -0.15) is 0 Å². The highest BCUT2D eigenvalue weighted by Crippen LogP contribution is 2.38. The highest BCUT2D eigenvalue weighted by atomic mass is 19.3. The van der Waals surface area contributed by atoms with E-state index in [1.165, 1.54) is 0 Å². The lowest BCUT2D eigenvalue weighted by atomic mass is 9.87. The smallest absolute Gasteiger partial charge is 0.253 e. The number of rotatable bonds is 5. The Balaban J connectivity index is 1.55. The lowest BCUT2D eigenvalue weighted by Crippen LogP contribution is -2.45. The van der Waals surface area contributed by atoms with Gasteiger partial charge in [-0.3, -0.25) is 4.98 Å². The predicted molar refractivity (Wildman–Crippen MR) is 120 cm³/mol. The molecule has 0 amide bonds. The number of hydrogen-bond acceptors (Lipinski definition) is 7. The zero-order valence-electron chi connectivity index (χ0n) is 18.0. The maximum atomic E-state index is 15.9. The van der Waals surface area contributed by atoms with E-state index in [-0.39, 0.29) is 31.5 Å². The number of hydrogen-bond donors (Lipinski definition) is 2. The third-order valence-corrected chi connectivity index (χ3v) is 6.29. The molecule has 2 fully saturated rings. The summed E-state index contributed by atoms with van der Waals surface area (Å²) in [7, 11) is 0. The van der Waals surface area contributed by atoms with Gasteiger partial charge >= 0.3 is 0 Å². The summed E-state index contributed by atoms with van der Waals surface area (Å²) in [5.74, 6) is -3.97. The number of pyridine rings is 1. The quantitative estimate of drug-likeness (QED) is 0.606. The van der Waals surface area contributed by atoms with Crippen LogP contribution in [0.4, 0.5) is 30.4 Å². The summed E-state index contributed by atoms with van der Waals surface area (Å²) >= 11 is 0. The second kappa shape index (κ2) is 9.11. The first-order valence-corrected chi connectivity index (χ1v) is 11.1. The third-order valence-electron chi connectivity index (χ3n) is 6.29. The fraction of sp³-hybridized carbons (Fsp3) is 0.435. The summed E-state index contributed by atoms with van der Waals surface area (Å²) < 4.78 is 50.6. The van der Waals surface area contributed by atoms with Crippen molar-refractivity contribution in [2.75, 3.05) is 49.6 Å². The van der Waals surface area contributed by atoms with Gasteiger partial charge in [0.15, 0.2) is 11.6 Å². The number of halogens is 3. The van der Waals surface area contributed by atoms with Gasteiger partial charge in [0.1, 0.15) is 5.52 Å². The van der Waals surface area contributed by atoms with Crippen molar-refractivity contribution in [1.82, 2.24) is 20.3 Å². The standard InChI is InChI=1S/C23H25F3N6O/c24-20-16(13-15-14-27-6-4-23(15,25)26)17(1-2-19(20)32-9-11-33-12-10-32)31-22-21-18(3-5-30-22)28-7-8-29-21/h1-3,5,7-8,15,27H,4,6,9-14H2,(H,30,31)/t15-/m0/s1. The van der Waals surface area contributed by atoms with E-state index in [1.807, 2.05) is 4.90 Å². The molecule has 0 bridgehead atoms. The Morgan fingerprint density at radius 1 is 1.09 bits per heavy atom. The molecule has 0 unspecified atom stereocenters. The summed E-state index contributed by atoms with van der Waals surface area (Å²) in [6, 6.07) is 5.14. The number of fused-ring (bicyclic) bond motifs is 1. The van der Waals surface area contributed by atoms with Gasteiger partial charge in [-0.15, -0.1) is 0 Å². The molecule has 10 heteroatoms. The number of piperidine rings is 1. The molecule has 0 saturated carbocycles. The lowest BCUT2D eigenvalue weighted by molar-refractivity contribution is -0.0777. The minimum Gasteiger partial charge on any atom is -0.378 e. The molecular weight excluding hydrogens is 433 g/mol. The molecule has 4 heterocycles. The first-order chi connectivity index (χ1) is 16.0. The van der Waals surface area contributed by atoms with Gasteiger partial charge in [0.05, 0.1) is 24.4 Å². The Labute approximate surface area is 189 Å². The van der Waals surface area contributed by atoms with E-state index in [4.69, 9.17) is 4.74 Å². The monoisotopic (exact) mass is 458 g/mol. The average molecular weight is 458 g/mol. The van der Waals surface area contributed by atoms with Gasteiger partial charge in [0, 0.05) is 68.4 Å². The predicted octanol–water partition coefficient (Wildman–Crippen LogP) is 3.53. The van der Waals surface area contributed by atoms with Crippen molar-refractivity contribution in [3.8, 4) is 0 Å². The van der Waals surface area contributed by atoms with Crippen molar-refractivity contribution in [2.45, 2.75) is 18.8 Å². The Bertz CT molecular complexity index is 1130. The van der Waals surface area contributed by atoms with Crippen molar-refractivity contribution in [3.63, 3.8) is 0 Å². The topological polar surface area (TPSA) is 75.2 Å². The largest absolute Gasteiger partial charge is 0.378 e. The van der Waals surface area contributed by atoms with Crippen molar-refractivity contribution in [1.29, 1.82) is 0 Å². The minimum atomic E-state index is -2.87. The Kier molecular flexibility index (Phi) is 6.03. The highest BCUT2D eigenvalue weighted by Gasteiger charge is 2.42. The molecule has 2 aromatic heterocycles. The number of ether oxygens (including phenoxy) is 1. The maximum Gasteiger partial charge on any atom is 0.253 e. The molecule has 1 aromatic carbocycles. The maximum absolute atomic E-state index is 15.9. The van der Waals surface area contributed by atoms with Crippen LogP contribution in [-0.4, -0.2) is 60.3 Å². The molecule has 0 spiro atoms. The van der Waals surface area contributed by atoms with Crippen LogP contribution in [0.3, 0.4) is 0 Å². The number of aromatic nitrogens is 3. The van der Waals surface area contributed by atoms with Crippen LogP contribution in [0.25, 0.3) is 11.0 Å². The van der Waals surface area contributed by atoms with Gasteiger partial charge in [-0.05, 0) is 24.6 Å². The second-order valence-corrected chi connectivity index (χ2v) is 8.35. The minimum absolute atomic E-state index is 0.108. The summed E-state index contributed by atoms with van der Waals surface area (Å²) in [5, 5.41) is 6.16. The van der Waals surface area contributed by atoms with E-state index in [0.29, 0.717) is 54.5 Å². The zero-order valence-corrected chi connectivity index (χ0v) is 18.0. The molecule has 33 heavy (non-hydrogen) atoms. The van der Waals surface area contributed by atoms with Crippen LogP contribution in [0.1, 0.15) is 12.0 Å². The van der Waals surface area contributed by atoms with Crippen LogP contribution in [0.15, 0.2) is 36.8 Å². The van der Waals surface area contributed by atoms with Gasteiger partial charge < -0.3 is 20.3 Å². The van der Waals surface area contributed by atoms with Crippen LogP contribution in [0, 0.1) is 11.7 Å². The molecule has 2 aliphatic heterocycles. The molecule has 0 aliphatic carbocycles. The third kappa shape index (κ3) is 4.45. The van der Waals surface area contributed by atoms with Crippen LogP contribution in [-0.2, 0) is 11.2 Å². The number of anilines is 3. The molecule has 0 radical (unpaired) electrons. The van der Waals surface area contributed by atoms with Crippen molar-refractivity contribution < 1.29 is 17.9 Å². The number of benzene rings is 1. The van der Waals surface area contributed by atoms with E-state index < -0.39 is 17.7 Å². The fourth-order valence-corrected chi connectivity index (χ4v) is 4.44. The average Bonchev–Trinajstić information content (AvgIpc) is 2.83. The van der Waals surface area contributed by atoms with Crippen LogP contribution >= 0.6 is 0 Å². The van der Waals surface area contributed by atoms with Crippen LogP contribution < -0.4 is 15.5 Å². The summed E-state index contributed by atoms with van der Waals surface area (Å²) in [6.07, 6.45) is 4.34. The van der Waals surface area contributed by atoms with Gasteiger partial charge in [-0.1, -0.05) is 0 Å². The Morgan fingerprint density at radius 2 is 1.91 bits per heavy atom. The second-order valence-electron chi connectivity index (χ2n) is 8.35. The first-order valence-electron chi connectivity index (χ1n) is 11.1. The van der Waals surface area contributed by atoms with E-state index in [9.17, 15) is 8.78 Å². The Hall–Kier alpha value is -2.98. The molecule has 2 N–H and O–H groups in total. The lowest BCUT2D eigenvalue weighted by Gasteiger charge is -2.34. The summed E-state index contributed by atoms with van der Waals surface area (Å²) in [4.78, 5) is 14.8. The zero-order chi connectivity index (χ0) is 22.8. The molecule has 174 valence electrons. The highest BCUT2D eigenvalue weighted by molar-refractivity contribution is 5.87. The van der Waals surface area contributed by atoms with Crippen molar-refractivity contribution in [3.05, 3.63) is 48.2 Å². The number of alkyl halides is 2. The molecule has 7 nitrogen and oxygen atoms in total. The molecule has 3 aromatic rings. The Morgan fingerprint density at radius 3 is 2.73 bits per heavy atom. The SMILES string of the molecule is Fc1c(N2CCOCC2)ccc(Nc2nccc3nccnc23)c1C[C@H]1CNCCC1(F)F. The first kappa shape index (κ1) is 21.8. The van der Waals surface area contributed by atoms with Gasteiger partial charge in [0.25, 0.3) is 5.92 Å². The van der Waals surface area contributed by atoms with Crippen molar-refractivity contribution in [2.24, 2.45) is 5.92 Å². The molecule has 2 saturated heterocycles.